The fraction of sp³-hybridized carbons (Fsp3) is 0.125. The minimum absolute atomic E-state index is 0.232. The van der Waals surface area contributed by atoms with E-state index in [4.69, 9.17) is 27.9 Å². The number of carbonyl (C=O) groups excluding carboxylic acids is 2. The van der Waals surface area contributed by atoms with Crippen LogP contribution in [0.2, 0.25) is 10.0 Å². The molecule has 0 aromatic heterocycles. The van der Waals surface area contributed by atoms with Crippen LogP contribution in [0.15, 0.2) is 42.5 Å². The number of carbonyl (C=O) groups is 2. The van der Waals surface area contributed by atoms with Gasteiger partial charge in [-0.05, 0) is 24.3 Å². The van der Waals surface area contributed by atoms with Crippen molar-refractivity contribution in [2.24, 2.45) is 0 Å². The molecule has 0 aliphatic rings. The molecule has 0 aliphatic carbocycles. The Balaban J connectivity index is 1.94. The number of nitrogens with one attached hydrogen (secondary N) is 2. The van der Waals surface area contributed by atoms with Gasteiger partial charge in [0.1, 0.15) is 12.2 Å². The largest absolute Gasteiger partial charge is 0.497 e. The quantitative estimate of drug-likeness (QED) is 0.800. The molecule has 0 spiro atoms. The number of anilines is 2. The van der Waals surface area contributed by atoms with Gasteiger partial charge in [0.25, 0.3) is 0 Å². The predicted molar refractivity (Wildman–Crippen MR) is 91.3 cm³/mol. The molecule has 2 aromatic rings. The second-order valence-electron chi connectivity index (χ2n) is 4.61. The van der Waals surface area contributed by atoms with E-state index < -0.39 is 11.8 Å². The third kappa shape index (κ3) is 4.87. The summed E-state index contributed by atoms with van der Waals surface area (Å²) >= 11 is 11.8. The van der Waals surface area contributed by atoms with Crippen molar-refractivity contribution in [3.8, 4) is 5.75 Å². The van der Waals surface area contributed by atoms with E-state index in [0.717, 1.165) is 0 Å². The van der Waals surface area contributed by atoms with E-state index in [1.165, 1.54) is 7.11 Å². The third-order valence-electron chi connectivity index (χ3n) is 2.90. The number of benzene rings is 2. The molecule has 7 heteroatoms. The summed E-state index contributed by atoms with van der Waals surface area (Å²) < 4.78 is 5.06. The van der Waals surface area contributed by atoms with Crippen molar-refractivity contribution in [2.45, 2.75) is 6.42 Å². The molecule has 0 radical (unpaired) electrons. The first-order valence-corrected chi connectivity index (χ1v) is 7.43. The van der Waals surface area contributed by atoms with Gasteiger partial charge in [0.2, 0.25) is 11.8 Å². The van der Waals surface area contributed by atoms with Crippen LogP contribution in [0.25, 0.3) is 0 Å². The summed E-state index contributed by atoms with van der Waals surface area (Å²) in [6.07, 6.45) is -0.347. The van der Waals surface area contributed by atoms with E-state index in [-0.39, 0.29) is 11.4 Å². The van der Waals surface area contributed by atoms with Crippen LogP contribution >= 0.6 is 23.2 Å². The number of methoxy groups -OCH3 is 1. The topological polar surface area (TPSA) is 67.4 Å². The highest BCUT2D eigenvalue weighted by atomic mass is 35.5. The smallest absolute Gasteiger partial charge is 0.233 e. The van der Waals surface area contributed by atoms with Crippen molar-refractivity contribution in [3.63, 3.8) is 0 Å². The molecule has 0 saturated carbocycles. The van der Waals surface area contributed by atoms with E-state index >= 15 is 0 Å². The van der Waals surface area contributed by atoms with Crippen LogP contribution in [0.4, 0.5) is 11.4 Å². The zero-order chi connectivity index (χ0) is 16.8. The molecular weight excluding hydrogens is 339 g/mol. The van der Waals surface area contributed by atoms with Gasteiger partial charge < -0.3 is 15.4 Å². The third-order valence-corrected chi connectivity index (χ3v) is 3.72. The summed E-state index contributed by atoms with van der Waals surface area (Å²) in [5.74, 6) is -0.332. The maximum Gasteiger partial charge on any atom is 0.233 e. The molecule has 2 amide bonds. The molecule has 2 aromatic carbocycles. The molecule has 5 nitrogen and oxygen atoms in total. The van der Waals surface area contributed by atoms with Crippen LogP contribution in [0.3, 0.4) is 0 Å². The average Bonchev–Trinajstić information content (AvgIpc) is 2.51. The standard InChI is InChI=1S/C16H14Cl2N2O3/c1-23-11-5-2-4-10(8-11)19-14(21)9-15(22)20-13-7-3-6-12(17)16(13)18/h2-8H,9H2,1H3,(H,19,21)(H,20,22). The highest BCUT2D eigenvalue weighted by Crippen LogP contribution is 2.29. The monoisotopic (exact) mass is 352 g/mol. The van der Waals surface area contributed by atoms with Crippen molar-refractivity contribution < 1.29 is 14.3 Å². The zero-order valence-corrected chi connectivity index (χ0v) is 13.7. The molecule has 120 valence electrons. The van der Waals surface area contributed by atoms with Crippen LogP contribution in [-0.4, -0.2) is 18.9 Å². The lowest BCUT2D eigenvalue weighted by Crippen LogP contribution is -2.21. The molecule has 0 aliphatic heterocycles. The molecule has 0 unspecified atom stereocenters. The van der Waals surface area contributed by atoms with Gasteiger partial charge in [0.15, 0.2) is 0 Å². The molecule has 0 fully saturated rings. The molecule has 2 N–H and O–H groups in total. The summed E-state index contributed by atoms with van der Waals surface area (Å²) in [5.41, 5.74) is 0.904. The average molecular weight is 353 g/mol. The summed E-state index contributed by atoms with van der Waals surface area (Å²) in [6.45, 7) is 0. The van der Waals surface area contributed by atoms with Crippen LogP contribution < -0.4 is 15.4 Å². The van der Waals surface area contributed by atoms with Gasteiger partial charge in [0.05, 0.1) is 22.8 Å². The fourth-order valence-electron chi connectivity index (χ4n) is 1.85. The lowest BCUT2D eigenvalue weighted by molar-refractivity contribution is -0.123. The van der Waals surface area contributed by atoms with E-state index in [9.17, 15) is 9.59 Å². The van der Waals surface area contributed by atoms with Gasteiger partial charge in [-0.25, -0.2) is 0 Å². The van der Waals surface area contributed by atoms with E-state index in [2.05, 4.69) is 10.6 Å². The van der Waals surface area contributed by atoms with Crippen molar-refractivity contribution in [1.29, 1.82) is 0 Å². The number of hydrogen-bond acceptors (Lipinski definition) is 3. The van der Waals surface area contributed by atoms with Crippen molar-refractivity contribution >= 4 is 46.4 Å². The van der Waals surface area contributed by atoms with Gasteiger partial charge in [-0.1, -0.05) is 35.3 Å². The number of amides is 2. The summed E-state index contributed by atoms with van der Waals surface area (Å²) in [6, 6.07) is 11.7. The summed E-state index contributed by atoms with van der Waals surface area (Å²) in [7, 11) is 1.53. The van der Waals surface area contributed by atoms with E-state index in [1.807, 2.05) is 0 Å². The molecular formula is C16H14Cl2N2O3. The van der Waals surface area contributed by atoms with E-state index in [1.54, 1.807) is 42.5 Å². The Bertz CT molecular complexity index is 735. The van der Waals surface area contributed by atoms with Crippen molar-refractivity contribution in [3.05, 3.63) is 52.5 Å². The van der Waals surface area contributed by atoms with Gasteiger partial charge in [-0.3, -0.25) is 9.59 Å². The van der Waals surface area contributed by atoms with Crippen LogP contribution in [-0.2, 0) is 9.59 Å². The first-order chi connectivity index (χ1) is 11.0. The van der Waals surface area contributed by atoms with Crippen LogP contribution in [0.1, 0.15) is 6.42 Å². The summed E-state index contributed by atoms with van der Waals surface area (Å²) in [5, 5.41) is 5.73. The molecule has 23 heavy (non-hydrogen) atoms. The number of rotatable bonds is 5. The lowest BCUT2D eigenvalue weighted by Gasteiger charge is -2.09. The Morgan fingerprint density at radius 1 is 1.04 bits per heavy atom. The second-order valence-corrected chi connectivity index (χ2v) is 5.39. The van der Waals surface area contributed by atoms with E-state index in [0.29, 0.717) is 22.1 Å². The maximum absolute atomic E-state index is 11.9. The van der Waals surface area contributed by atoms with Gasteiger partial charge >= 0.3 is 0 Å². The Morgan fingerprint density at radius 3 is 2.48 bits per heavy atom. The SMILES string of the molecule is COc1cccc(NC(=O)CC(=O)Nc2cccc(Cl)c2Cl)c1. The Labute approximate surface area is 143 Å². The minimum Gasteiger partial charge on any atom is -0.497 e. The highest BCUT2D eigenvalue weighted by molar-refractivity contribution is 6.44. The normalized spacial score (nSPS) is 10.0. The molecule has 0 heterocycles. The molecule has 0 saturated heterocycles. The Hall–Kier alpha value is -2.24. The number of halogens is 2. The van der Waals surface area contributed by atoms with Crippen molar-refractivity contribution in [1.82, 2.24) is 0 Å². The first-order valence-electron chi connectivity index (χ1n) is 6.67. The number of ether oxygens (including phenoxy) is 1. The first kappa shape index (κ1) is 17.1. The second kappa shape index (κ2) is 7.85. The predicted octanol–water partition coefficient (Wildman–Crippen LogP) is 3.97. The molecule has 0 bridgehead atoms. The fourth-order valence-corrected chi connectivity index (χ4v) is 2.19. The van der Waals surface area contributed by atoms with Gasteiger partial charge in [0, 0.05) is 11.8 Å². The van der Waals surface area contributed by atoms with Gasteiger partial charge in [-0.15, -0.1) is 0 Å². The van der Waals surface area contributed by atoms with Crippen LogP contribution in [0, 0.1) is 0 Å². The van der Waals surface area contributed by atoms with Gasteiger partial charge in [-0.2, -0.15) is 0 Å². The lowest BCUT2D eigenvalue weighted by atomic mass is 10.2. The summed E-state index contributed by atoms with van der Waals surface area (Å²) in [4.78, 5) is 23.8. The van der Waals surface area contributed by atoms with Crippen LogP contribution in [0.5, 0.6) is 5.75 Å². The maximum atomic E-state index is 11.9. The Morgan fingerprint density at radius 2 is 1.74 bits per heavy atom. The number of hydrogen-bond donors (Lipinski definition) is 2. The molecule has 0 atom stereocenters. The highest BCUT2D eigenvalue weighted by Gasteiger charge is 2.12. The zero-order valence-electron chi connectivity index (χ0n) is 12.2. The Kier molecular flexibility index (Phi) is 5.84. The molecule has 2 rings (SSSR count). The minimum atomic E-state index is -0.491. The van der Waals surface area contributed by atoms with Crippen molar-refractivity contribution in [2.75, 3.05) is 17.7 Å².